The smallest absolute Gasteiger partial charge is 0.318 e. The normalized spacial score (nSPS) is 22.4. The molecule has 7 heteroatoms. The molecule has 0 radical (unpaired) electrons. The first-order valence-electron chi connectivity index (χ1n) is 9.00. The van der Waals surface area contributed by atoms with Crippen molar-refractivity contribution in [2.45, 2.75) is 52.4 Å². The van der Waals surface area contributed by atoms with Gasteiger partial charge in [0, 0.05) is 19.3 Å². The maximum absolute atomic E-state index is 12.9. The van der Waals surface area contributed by atoms with Gasteiger partial charge >= 0.3 is 6.03 Å². The fraction of sp³-hybridized carbons (Fsp3) is 0.611. The summed E-state index contributed by atoms with van der Waals surface area (Å²) in [6.45, 7) is 9.47. The van der Waals surface area contributed by atoms with E-state index in [-0.39, 0.29) is 30.2 Å². The zero-order valence-electron chi connectivity index (χ0n) is 15.3. The standard InChI is InChI=1S/C18H27N5O2/c1-5-14-11-22(10-13(4)25-14)18(24)19-16(12(2)3)17-21-20-15-8-6-7-9-23(15)17/h6-9,12-14,16H,5,10-11H2,1-4H3,(H,19,24)/t13-,14+,16-/m0/s1. The third-order valence-corrected chi connectivity index (χ3v) is 4.63. The van der Waals surface area contributed by atoms with Crippen molar-refractivity contribution in [3.8, 4) is 0 Å². The number of fused-ring (bicyclic) bond motifs is 1. The number of carbonyl (C=O) groups is 1. The fourth-order valence-corrected chi connectivity index (χ4v) is 3.26. The molecule has 136 valence electrons. The molecule has 0 bridgehead atoms. The van der Waals surface area contributed by atoms with Gasteiger partial charge in [0.1, 0.15) is 0 Å². The highest BCUT2D eigenvalue weighted by Crippen LogP contribution is 2.22. The van der Waals surface area contributed by atoms with Gasteiger partial charge in [0.15, 0.2) is 11.5 Å². The number of rotatable bonds is 4. The summed E-state index contributed by atoms with van der Waals surface area (Å²) in [4.78, 5) is 14.7. The van der Waals surface area contributed by atoms with Crippen LogP contribution >= 0.6 is 0 Å². The second-order valence-corrected chi connectivity index (χ2v) is 7.04. The zero-order valence-corrected chi connectivity index (χ0v) is 15.3. The Hall–Kier alpha value is -2.15. The predicted molar refractivity (Wildman–Crippen MR) is 95.3 cm³/mol. The molecular formula is C18H27N5O2. The van der Waals surface area contributed by atoms with E-state index < -0.39 is 0 Å². The minimum atomic E-state index is -0.205. The van der Waals surface area contributed by atoms with Gasteiger partial charge in [0.05, 0.1) is 18.2 Å². The van der Waals surface area contributed by atoms with Crippen molar-refractivity contribution in [1.82, 2.24) is 24.8 Å². The Kier molecular flexibility index (Phi) is 5.22. The van der Waals surface area contributed by atoms with E-state index in [1.165, 1.54) is 0 Å². The van der Waals surface area contributed by atoms with Gasteiger partial charge in [-0.05, 0) is 31.4 Å². The third kappa shape index (κ3) is 3.76. The van der Waals surface area contributed by atoms with Gasteiger partial charge < -0.3 is 15.0 Å². The second kappa shape index (κ2) is 7.39. The Morgan fingerprint density at radius 2 is 2.16 bits per heavy atom. The molecule has 25 heavy (non-hydrogen) atoms. The SMILES string of the molecule is CC[C@@H]1CN(C(=O)N[C@H](c2nnc3ccccn23)C(C)C)C[C@H](C)O1. The lowest BCUT2D eigenvalue weighted by atomic mass is 10.0. The Morgan fingerprint density at radius 3 is 2.88 bits per heavy atom. The quantitative estimate of drug-likeness (QED) is 0.925. The van der Waals surface area contributed by atoms with E-state index in [2.05, 4.69) is 36.3 Å². The van der Waals surface area contributed by atoms with E-state index in [1.807, 2.05) is 40.6 Å². The number of nitrogens with zero attached hydrogens (tertiary/aromatic N) is 4. The Bertz CT molecular complexity index is 729. The average molecular weight is 345 g/mol. The number of urea groups is 1. The van der Waals surface area contributed by atoms with Crippen LogP contribution in [0, 0.1) is 5.92 Å². The molecule has 1 fully saturated rings. The first kappa shape index (κ1) is 17.7. The van der Waals surface area contributed by atoms with Gasteiger partial charge in [-0.15, -0.1) is 10.2 Å². The summed E-state index contributed by atoms with van der Waals surface area (Å²) in [5.41, 5.74) is 0.781. The summed E-state index contributed by atoms with van der Waals surface area (Å²) in [7, 11) is 0. The van der Waals surface area contributed by atoms with Crippen LogP contribution in [-0.2, 0) is 4.74 Å². The summed E-state index contributed by atoms with van der Waals surface area (Å²) in [5.74, 6) is 0.948. The molecule has 2 amide bonds. The molecule has 3 heterocycles. The number of amides is 2. The van der Waals surface area contributed by atoms with Crippen LogP contribution in [0.2, 0.25) is 0 Å². The van der Waals surface area contributed by atoms with E-state index in [0.29, 0.717) is 13.1 Å². The first-order valence-corrected chi connectivity index (χ1v) is 9.00. The molecule has 0 aliphatic carbocycles. The van der Waals surface area contributed by atoms with Crippen molar-refractivity contribution in [2.24, 2.45) is 5.92 Å². The Morgan fingerprint density at radius 1 is 1.36 bits per heavy atom. The number of ether oxygens (including phenoxy) is 1. The Labute approximate surface area is 148 Å². The van der Waals surface area contributed by atoms with Crippen LogP contribution in [-0.4, -0.2) is 50.8 Å². The van der Waals surface area contributed by atoms with Crippen LogP contribution < -0.4 is 5.32 Å². The number of hydrogen-bond donors (Lipinski definition) is 1. The molecule has 3 rings (SSSR count). The lowest BCUT2D eigenvalue weighted by Gasteiger charge is -2.37. The summed E-state index contributed by atoms with van der Waals surface area (Å²) in [5, 5.41) is 11.7. The van der Waals surface area contributed by atoms with Crippen LogP contribution in [0.1, 0.15) is 46.0 Å². The van der Waals surface area contributed by atoms with E-state index in [0.717, 1.165) is 17.9 Å². The molecule has 0 spiro atoms. The van der Waals surface area contributed by atoms with E-state index in [1.54, 1.807) is 0 Å². The molecule has 7 nitrogen and oxygen atoms in total. The van der Waals surface area contributed by atoms with Crippen molar-refractivity contribution in [3.05, 3.63) is 30.2 Å². The van der Waals surface area contributed by atoms with Gasteiger partial charge in [0.25, 0.3) is 0 Å². The van der Waals surface area contributed by atoms with Gasteiger partial charge in [-0.2, -0.15) is 0 Å². The van der Waals surface area contributed by atoms with Crippen molar-refractivity contribution < 1.29 is 9.53 Å². The molecule has 1 N–H and O–H groups in total. The predicted octanol–water partition coefficient (Wildman–Crippen LogP) is 2.64. The van der Waals surface area contributed by atoms with E-state index in [9.17, 15) is 4.79 Å². The number of morpholine rings is 1. The van der Waals surface area contributed by atoms with Gasteiger partial charge in [-0.3, -0.25) is 4.40 Å². The molecule has 0 saturated carbocycles. The molecular weight excluding hydrogens is 318 g/mol. The first-order chi connectivity index (χ1) is 12.0. The monoisotopic (exact) mass is 345 g/mol. The van der Waals surface area contributed by atoms with Crippen LogP contribution in [0.15, 0.2) is 24.4 Å². The summed E-state index contributed by atoms with van der Waals surface area (Å²) >= 11 is 0. The molecule has 0 unspecified atom stereocenters. The van der Waals surface area contributed by atoms with Crippen molar-refractivity contribution in [2.75, 3.05) is 13.1 Å². The molecule has 1 aliphatic rings. The number of nitrogens with one attached hydrogen (secondary N) is 1. The number of aromatic nitrogens is 3. The third-order valence-electron chi connectivity index (χ3n) is 4.63. The number of carbonyl (C=O) groups excluding carboxylic acids is 1. The largest absolute Gasteiger partial charge is 0.372 e. The highest BCUT2D eigenvalue weighted by atomic mass is 16.5. The van der Waals surface area contributed by atoms with Gasteiger partial charge in [0.2, 0.25) is 0 Å². The highest BCUT2D eigenvalue weighted by Gasteiger charge is 2.30. The van der Waals surface area contributed by atoms with Gasteiger partial charge in [-0.25, -0.2) is 4.79 Å². The molecule has 1 aliphatic heterocycles. The summed E-state index contributed by atoms with van der Waals surface area (Å²) in [6.07, 6.45) is 2.98. The molecule has 3 atom stereocenters. The topological polar surface area (TPSA) is 71.8 Å². The maximum Gasteiger partial charge on any atom is 0.318 e. The van der Waals surface area contributed by atoms with Crippen LogP contribution in [0.3, 0.4) is 0 Å². The number of pyridine rings is 1. The van der Waals surface area contributed by atoms with Crippen molar-refractivity contribution in [3.63, 3.8) is 0 Å². The van der Waals surface area contributed by atoms with Crippen LogP contribution in [0.5, 0.6) is 0 Å². The molecule has 2 aromatic heterocycles. The fourth-order valence-electron chi connectivity index (χ4n) is 3.26. The summed E-state index contributed by atoms with van der Waals surface area (Å²) in [6, 6.07) is 5.50. The van der Waals surface area contributed by atoms with E-state index >= 15 is 0 Å². The highest BCUT2D eigenvalue weighted by molar-refractivity contribution is 5.75. The van der Waals surface area contributed by atoms with Crippen LogP contribution in [0.4, 0.5) is 4.79 Å². The minimum Gasteiger partial charge on any atom is -0.372 e. The van der Waals surface area contributed by atoms with E-state index in [4.69, 9.17) is 4.74 Å². The second-order valence-electron chi connectivity index (χ2n) is 7.04. The number of hydrogen-bond acceptors (Lipinski definition) is 4. The lowest BCUT2D eigenvalue weighted by molar-refractivity contribution is -0.0649. The Balaban J connectivity index is 1.79. The van der Waals surface area contributed by atoms with Crippen molar-refractivity contribution in [1.29, 1.82) is 0 Å². The molecule has 2 aromatic rings. The lowest BCUT2D eigenvalue weighted by Crippen LogP contribution is -2.53. The average Bonchev–Trinajstić information content (AvgIpc) is 3.02. The maximum atomic E-state index is 12.9. The van der Waals surface area contributed by atoms with Crippen LogP contribution in [0.25, 0.3) is 5.65 Å². The van der Waals surface area contributed by atoms with Crippen molar-refractivity contribution >= 4 is 11.7 Å². The summed E-state index contributed by atoms with van der Waals surface area (Å²) < 4.78 is 7.78. The molecule has 0 aromatic carbocycles. The van der Waals surface area contributed by atoms with Gasteiger partial charge in [-0.1, -0.05) is 26.8 Å². The minimum absolute atomic E-state index is 0.0517. The zero-order chi connectivity index (χ0) is 18.0. The molecule has 1 saturated heterocycles.